The highest BCUT2D eigenvalue weighted by atomic mass is 16.4. The number of nitrogens with one attached hydrogen (secondary N) is 1. The van der Waals surface area contributed by atoms with Crippen molar-refractivity contribution in [2.24, 2.45) is 0 Å². The summed E-state index contributed by atoms with van der Waals surface area (Å²) in [4.78, 5) is 54.9. The summed E-state index contributed by atoms with van der Waals surface area (Å²) in [6, 6.07) is 20.0. The Balaban J connectivity index is 1.44. The third-order valence-corrected chi connectivity index (χ3v) is 6.69. The second-order valence-electron chi connectivity index (χ2n) is 9.23. The van der Waals surface area contributed by atoms with Crippen molar-refractivity contribution in [1.82, 2.24) is 25.1 Å². The standard InChI is InChI=1S/C28H25N7O5/c1-18-27(38)33(16-25(36)35(18)23-10-6-5-9-22(23)34-17-29-31-32-34)24(15-19-7-3-2-4-8-19)26(37)30-21-13-11-20(12-14-21)28(39)40/h2-14,17-18,24H,15-16H2,1H3,(H,30,37)(H,39,40). The molecule has 0 saturated carbocycles. The quantitative estimate of drug-likeness (QED) is 0.346. The van der Waals surface area contributed by atoms with Crippen LogP contribution in [-0.2, 0) is 20.8 Å². The fourth-order valence-corrected chi connectivity index (χ4v) is 4.71. The molecule has 3 aromatic carbocycles. The molecule has 0 radical (unpaired) electrons. The summed E-state index contributed by atoms with van der Waals surface area (Å²) in [5, 5.41) is 23.2. The number of rotatable bonds is 8. The summed E-state index contributed by atoms with van der Waals surface area (Å²) in [5.74, 6) is -2.35. The van der Waals surface area contributed by atoms with Crippen molar-refractivity contribution in [3.8, 4) is 5.69 Å². The Morgan fingerprint density at radius 3 is 2.30 bits per heavy atom. The van der Waals surface area contributed by atoms with Gasteiger partial charge in [0.1, 0.15) is 25.0 Å². The van der Waals surface area contributed by atoms with Crippen LogP contribution in [0.1, 0.15) is 22.8 Å². The zero-order chi connectivity index (χ0) is 28.2. The van der Waals surface area contributed by atoms with Crippen LogP contribution in [0.15, 0.2) is 85.2 Å². The third-order valence-electron chi connectivity index (χ3n) is 6.69. The lowest BCUT2D eigenvalue weighted by Crippen LogP contribution is -2.63. The van der Waals surface area contributed by atoms with Crippen molar-refractivity contribution in [1.29, 1.82) is 0 Å². The molecule has 1 aliphatic rings. The van der Waals surface area contributed by atoms with E-state index in [1.165, 1.54) is 45.1 Å². The van der Waals surface area contributed by atoms with Crippen LogP contribution in [0.2, 0.25) is 0 Å². The fraction of sp³-hybridized carbons (Fsp3) is 0.179. The second kappa shape index (κ2) is 11.2. The average Bonchev–Trinajstić information content (AvgIpc) is 3.50. The number of piperazine rings is 1. The Morgan fingerprint density at radius 1 is 0.975 bits per heavy atom. The van der Waals surface area contributed by atoms with Gasteiger partial charge in [-0.15, -0.1) is 5.10 Å². The highest BCUT2D eigenvalue weighted by Gasteiger charge is 2.43. The highest BCUT2D eigenvalue weighted by molar-refractivity contribution is 6.09. The number of aromatic nitrogens is 4. The Labute approximate surface area is 228 Å². The Bertz CT molecular complexity index is 1540. The van der Waals surface area contributed by atoms with Gasteiger partial charge >= 0.3 is 5.97 Å². The fourth-order valence-electron chi connectivity index (χ4n) is 4.71. The van der Waals surface area contributed by atoms with Gasteiger partial charge in [0.15, 0.2) is 0 Å². The molecule has 5 rings (SSSR count). The molecule has 1 saturated heterocycles. The number of hydrogen-bond donors (Lipinski definition) is 2. The van der Waals surface area contributed by atoms with Crippen LogP contribution in [0.25, 0.3) is 5.69 Å². The van der Waals surface area contributed by atoms with E-state index in [0.717, 1.165) is 5.56 Å². The SMILES string of the molecule is CC1C(=O)N(C(Cc2ccccc2)C(=O)Nc2ccc(C(=O)O)cc2)CC(=O)N1c1ccccc1-n1cnnn1. The van der Waals surface area contributed by atoms with E-state index >= 15 is 0 Å². The molecule has 0 aliphatic carbocycles. The number of benzene rings is 3. The van der Waals surface area contributed by atoms with Gasteiger partial charge in [-0.2, -0.15) is 4.68 Å². The molecular weight excluding hydrogens is 514 g/mol. The molecule has 1 fully saturated rings. The Morgan fingerprint density at radius 2 is 1.65 bits per heavy atom. The van der Waals surface area contributed by atoms with Gasteiger partial charge in [-0.3, -0.25) is 19.3 Å². The molecule has 2 heterocycles. The molecular formula is C28H25N7O5. The van der Waals surface area contributed by atoms with Gasteiger partial charge in [0, 0.05) is 12.1 Å². The number of carbonyl (C=O) groups is 4. The van der Waals surface area contributed by atoms with Crippen LogP contribution in [0.5, 0.6) is 0 Å². The monoisotopic (exact) mass is 539 g/mol. The molecule has 40 heavy (non-hydrogen) atoms. The number of carboxylic acid groups (broad SMARTS) is 1. The first-order chi connectivity index (χ1) is 19.3. The van der Waals surface area contributed by atoms with Gasteiger partial charge in [-0.25, -0.2) is 4.79 Å². The number of aromatic carboxylic acids is 1. The maximum Gasteiger partial charge on any atom is 0.335 e. The van der Waals surface area contributed by atoms with E-state index in [0.29, 0.717) is 17.1 Å². The Hall–Kier alpha value is -5.39. The normalized spacial score (nSPS) is 16.1. The number of amides is 3. The van der Waals surface area contributed by atoms with Gasteiger partial charge in [0.05, 0.1) is 16.9 Å². The first-order valence-electron chi connectivity index (χ1n) is 12.5. The topological polar surface area (TPSA) is 151 Å². The molecule has 202 valence electrons. The first-order valence-corrected chi connectivity index (χ1v) is 12.5. The van der Waals surface area contributed by atoms with E-state index in [4.69, 9.17) is 5.11 Å². The van der Waals surface area contributed by atoms with E-state index in [2.05, 4.69) is 20.8 Å². The maximum absolute atomic E-state index is 13.8. The molecule has 2 N–H and O–H groups in total. The van der Waals surface area contributed by atoms with Crippen molar-refractivity contribution in [3.63, 3.8) is 0 Å². The molecule has 0 spiro atoms. The van der Waals surface area contributed by atoms with Crippen LogP contribution in [-0.4, -0.2) is 72.5 Å². The molecule has 12 nitrogen and oxygen atoms in total. The lowest BCUT2D eigenvalue weighted by atomic mass is 10.0. The number of para-hydroxylation sites is 2. The number of nitrogens with zero attached hydrogens (tertiary/aromatic N) is 6. The van der Waals surface area contributed by atoms with E-state index in [9.17, 15) is 19.2 Å². The summed E-state index contributed by atoms with van der Waals surface area (Å²) >= 11 is 0. The minimum Gasteiger partial charge on any atom is -0.478 e. The number of hydrogen-bond acceptors (Lipinski definition) is 7. The van der Waals surface area contributed by atoms with Crippen molar-refractivity contribution in [2.45, 2.75) is 25.4 Å². The van der Waals surface area contributed by atoms with Crippen LogP contribution in [0.3, 0.4) is 0 Å². The number of carbonyl (C=O) groups excluding carboxylic acids is 3. The minimum absolute atomic E-state index is 0.0755. The molecule has 2 atom stereocenters. The van der Waals surface area contributed by atoms with E-state index in [1.54, 1.807) is 31.2 Å². The average molecular weight is 540 g/mol. The van der Waals surface area contributed by atoms with E-state index in [-0.39, 0.29) is 24.4 Å². The highest BCUT2D eigenvalue weighted by Crippen LogP contribution is 2.29. The summed E-state index contributed by atoms with van der Waals surface area (Å²) in [5.41, 5.74) is 2.24. The van der Waals surface area contributed by atoms with Crippen molar-refractivity contribution in [2.75, 3.05) is 16.8 Å². The van der Waals surface area contributed by atoms with Crippen molar-refractivity contribution < 1.29 is 24.3 Å². The number of anilines is 2. The third kappa shape index (κ3) is 5.27. The van der Waals surface area contributed by atoms with Gasteiger partial charge in [0.2, 0.25) is 17.7 Å². The maximum atomic E-state index is 13.8. The summed E-state index contributed by atoms with van der Waals surface area (Å²) in [7, 11) is 0. The number of tetrazole rings is 1. The van der Waals surface area contributed by atoms with Crippen LogP contribution < -0.4 is 10.2 Å². The lowest BCUT2D eigenvalue weighted by Gasteiger charge is -2.42. The molecule has 2 unspecified atom stereocenters. The molecule has 12 heteroatoms. The predicted octanol–water partition coefficient (Wildman–Crippen LogP) is 2.17. The van der Waals surface area contributed by atoms with Gasteiger partial charge in [0.25, 0.3) is 0 Å². The van der Waals surface area contributed by atoms with Gasteiger partial charge < -0.3 is 15.3 Å². The van der Waals surface area contributed by atoms with E-state index in [1.807, 2.05) is 30.3 Å². The number of carboxylic acids is 1. The van der Waals surface area contributed by atoms with Crippen molar-refractivity contribution in [3.05, 3.63) is 96.3 Å². The summed E-state index contributed by atoms with van der Waals surface area (Å²) in [6.07, 6.45) is 1.57. The lowest BCUT2D eigenvalue weighted by molar-refractivity contribution is -0.146. The van der Waals surface area contributed by atoms with Gasteiger partial charge in [-0.05, 0) is 59.3 Å². The van der Waals surface area contributed by atoms with Gasteiger partial charge in [-0.1, -0.05) is 42.5 Å². The summed E-state index contributed by atoms with van der Waals surface area (Å²) in [6.45, 7) is 1.29. The largest absolute Gasteiger partial charge is 0.478 e. The zero-order valence-corrected chi connectivity index (χ0v) is 21.4. The zero-order valence-electron chi connectivity index (χ0n) is 21.4. The Kier molecular flexibility index (Phi) is 7.31. The van der Waals surface area contributed by atoms with Crippen molar-refractivity contribution >= 4 is 35.1 Å². The molecule has 0 bridgehead atoms. The predicted molar refractivity (Wildman–Crippen MR) is 144 cm³/mol. The summed E-state index contributed by atoms with van der Waals surface area (Å²) < 4.78 is 1.41. The van der Waals surface area contributed by atoms with Crippen LogP contribution in [0, 0.1) is 0 Å². The van der Waals surface area contributed by atoms with Crippen LogP contribution >= 0.6 is 0 Å². The second-order valence-corrected chi connectivity index (χ2v) is 9.23. The smallest absolute Gasteiger partial charge is 0.335 e. The molecule has 1 aliphatic heterocycles. The van der Waals surface area contributed by atoms with Crippen LogP contribution in [0.4, 0.5) is 11.4 Å². The first kappa shape index (κ1) is 26.2. The molecule has 1 aromatic heterocycles. The molecule has 3 amide bonds. The molecule has 4 aromatic rings. The van der Waals surface area contributed by atoms with E-state index < -0.39 is 29.9 Å². The minimum atomic E-state index is -1.09.